The molecule has 19 heavy (non-hydrogen) atoms. The van der Waals surface area contributed by atoms with Crippen LogP contribution in [0.2, 0.25) is 0 Å². The van der Waals surface area contributed by atoms with Crippen molar-refractivity contribution >= 4 is 5.96 Å². The van der Waals surface area contributed by atoms with Gasteiger partial charge in [-0.2, -0.15) is 4.98 Å². The van der Waals surface area contributed by atoms with E-state index >= 15 is 0 Å². The van der Waals surface area contributed by atoms with Gasteiger partial charge in [-0.05, 0) is 20.3 Å². The SMILES string of the molecule is CN=C(NCCCc1nc(C(C)C)no1)NC(C)C. The van der Waals surface area contributed by atoms with Crippen molar-refractivity contribution in [2.24, 2.45) is 4.99 Å². The molecule has 6 heteroatoms. The van der Waals surface area contributed by atoms with Gasteiger partial charge >= 0.3 is 0 Å². The first-order valence-electron chi connectivity index (χ1n) is 6.82. The van der Waals surface area contributed by atoms with E-state index < -0.39 is 0 Å². The maximum Gasteiger partial charge on any atom is 0.226 e. The Hall–Kier alpha value is -1.59. The lowest BCUT2D eigenvalue weighted by Gasteiger charge is -2.13. The Bertz CT molecular complexity index is 397. The van der Waals surface area contributed by atoms with Crippen LogP contribution >= 0.6 is 0 Å². The molecule has 0 atom stereocenters. The van der Waals surface area contributed by atoms with Gasteiger partial charge in [0.05, 0.1) is 0 Å². The van der Waals surface area contributed by atoms with Crippen LogP contribution in [-0.4, -0.2) is 35.7 Å². The normalized spacial score (nSPS) is 12.3. The van der Waals surface area contributed by atoms with Crippen molar-refractivity contribution in [3.05, 3.63) is 11.7 Å². The number of hydrogen-bond donors (Lipinski definition) is 2. The fourth-order valence-electron chi connectivity index (χ4n) is 1.52. The molecule has 0 spiro atoms. The zero-order chi connectivity index (χ0) is 14.3. The predicted molar refractivity (Wildman–Crippen MR) is 76.3 cm³/mol. The van der Waals surface area contributed by atoms with Gasteiger partial charge in [0.2, 0.25) is 5.89 Å². The van der Waals surface area contributed by atoms with Gasteiger partial charge in [-0.3, -0.25) is 4.99 Å². The van der Waals surface area contributed by atoms with Gasteiger partial charge in [0.1, 0.15) is 0 Å². The summed E-state index contributed by atoms with van der Waals surface area (Å²) in [6.07, 6.45) is 1.71. The molecule has 1 aromatic rings. The molecule has 0 aromatic carbocycles. The Morgan fingerprint density at radius 3 is 2.58 bits per heavy atom. The zero-order valence-electron chi connectivity index (χ0n) is 12.5. The Balaban J connectivity index is 2.26. The van der Waals surface area contributed by atoms with Crippen LogP contribution in [0.4, 0.5) is 0 Å². The molecule has 1 heterocycles. The summed E-state index contributed by atoms with van der Waals surface area (Å²) in [4.78, 5) is 8.49. The summed E-state index contributed by atoms with van der Waals surface area (Å²) in [5.41, 5.74) is 0. The van der Waals surface area contributed by atoms with Crippen molar-refractivity contribution in [3.8, 4) is 0 Å². The van der Waals surface area contributed by atoms with Crippen LogP contribution in [0.25, 0.3) is 0 Å². The van der Waals surface area contributed by atoms with Crippen molar-refractivity contribution < 1.29 is 4.52 Å². The van der Waals surface area contributed by atoms with Crippen molar-refractivity contribution in [2.45, 2.75) is 52.5 Å². The monoisotopic (exact) mass is 267 g/mol. The highest BCUT2D eigenvalue weighted by Gasteiger charge is 2.09. The van der Waals surface area contributed by atoms with Gasteiger partial charge < -0.3 is 15.2 Å². The maximum atomic E-state index is 5.19. The van der Waals surface area contributed by atoms with E-state index in [0.29, 0.717) is 17.9 Å². The second kappa shape index (κ2) is 7.76. The summed E-state index contributed by atoms with van der Waals surface area (Å²) >= 11 is 0. The van der Waals surface area contributed by atoms with Crippen LogP contribution in [-0.2, 0) is 6.42 Å². The standard InChI is InChI=1S/C13H25N5O/c1-9(2)12-17-11(19-18-12)7-6-8-15-13(14-5)16-10(3)4/h9-10H,6-8H2,1-5H3,(H2,14,15,16). The number of aromatic nitrogens is 2. The van der Waals surface area contributed by atoms with E-state index in [1.807, 2.05) is 0 Å². The van der Waals surface area contributed by atoms with Gasteiger partial charge in [0, 0.05) is 32.0 Å². The van der Waals surface area contributed by atoms with E-state index in [1.54, 1.807) is 7.05 Å². The number of nitrogens with zero attached hydrogens (tertiary/aromatic N) is 3. The molecule has 1 aromatic heterocycles. The predicted octanol–water partition coefficient (Wildman–Crippen LogP) is 1.70. The zero-order valence-corrected chi connectivity index (χ0v) is 12.5. The summed E-state index contributed by atoms with van der Waals surface area (Å²) in [6.45, 7) is 9.10. The minimum absolute atomic E-state index is 0.310. The molecule has 0 aliphatic carbocycles. The highest BCUT2D eigenvalue weighted by atomic mass is 16.5. The molecule has 0 fully saturated rings. The first-order valence-corrected chi connectivity index (χ1v) is 6.82. The van der Waals surface area contributed by atoms with E-state index in [1.165, 1.54) is 0 Å². The number of aryl methyl sites for hydroxylation is 1. The molecule has 1 rings (SSSR count). The first kappa shape index (κ1) is 15.5. The quantitative estimate of drug-likeness (QED) is 0.466. The van der Waals surface area contributed by atoms with Crippen LogP contribution in [0, 0.1) is 0 Å². The highest BCUT2D eigenvalue weighted by Crippen LogP contribution is 2.10. The average molecular weight is 267 g/mol. The molecule has 0 aliphatic heterocycles. The molecule has 0 radical (unpaired) electrons. The summed E-state index contributed by atoms with van der Waals surface area (Å²) in [5.74, 6) is 2.62. The Morgan fingerprint density at radius 1 is 1.32 bits per heavy atom. The maximum absolute atomic E-state index is 5.19. The van der Waals surface area contributed by atoms with E-state index in [-0.39, 0.29) is 0 Å². The topological polar surface area (TPSA) is 75.3 Å². The lowest BCUT2D eigenvalue weighted by molar-refractivity contribution is 0.368. The Kier molecular flexibility index (Phi) is 6.32. The third kappa shape index (κ3) is 5.72. The second-order valence-electron chi connectivity index (χ2n) is 5.10. The molecule has 108 valence electrons. The fourth-order valence-corrected chi connectivity index (χ4v) is 1.52. The van der Waals surface area contributed by atoms with Crippen molar-refractivity contribution in [1.82, 2.24) is 20.8 Å². The first-order chi connectivity index (χ1) is 9.02. The van der Waals surface area contributed by atoms with Crippen LogP contribution in [0.15, 0.2) is 9.52 Å². The molecule has 0 saturated heterocycles. The largest absolute Gasteiger partial charge is 0.356 e. The third-order valence-corrected chi connectivity index (χ3v) is 2.51. The molecule has 2 N–H and O–H groups in total. The minimum atomic E-state index is 0.310. The van der Waals surface area contributed by atoms with Crippen LogP contribution in [0.1, 0.15) is 51.7 Å². The number of guanidine groups is 1. The van der Waals surface area contributed by atoms with E-state index in [4.69, 9.17) is 4.52 Å². The number of aliphatic imine (C=N–C) groups is 1. The molecule has 0 unspecified atom stereocenters. The van der Waals surface area contributed by atoms with Gasteiger partial charge in [-0.1, -0.05) is 19.0 Å². The van der Waals surface area contributed by atoms with Crippen LogP contribution in [0.5, 0.6) is 0 Å². The van der Waals surface area contributed by atoms with Gasteiger partial charge in [-0.25, -0.2) is 0 Å². The van der Waals surface area contributed by atoms with Gasteiger partial charge in [0.15, 0.2) is 11.8 Å². The third-order valence-electron chi connectivity index (χ3n) is 2.51. The number of hydrogen-bond acceptors (Lipinski definition) is 4. The fraction of sp³-hybridized carbons (Fsp3) is 0.769. The van der Waals surface area contributed by atoms with Crippen molar-refractivity contribution in [2.75, 3.05) is 13.6 Å². The summed E-state index contributed by atoms with van der Waals surface area (Å²) in [7, 11) is 1.77. The lowest BCUT2D eigenvalue weighted by atomic mass is 10.2. The van der Waals surface area contributed by atoms with E-state index in [0.717, 1.165) is 31.2 Å². The lowest BCUT2D eigenvalue weighted by Crippen LogP contribution is -2.41. The van der Waals surface area contributed by atoms with Crippen molar-refractivity contribution in [3.63, 3.8) is 0 Å². The molecule has 0 bridgehead atoms. The molecule has 0 amide bonds. The Labute approximate surface area is 115 Å². The van der Waals surface area contributed by atoms with Crippen LogP contribution in [0.3, 0.4) is 0 Å². The number of nitrogens with one attached hydrogen (secondary N) is 2. The minimum Gasteiger partial charge on any atom is -0.356 e. The van der Waals surface area contributed by atoms with Gasteiger partial charge in [-0.15, -0.1) is 0 Å². The van der Waals surface area contributed by atoms with Crippen LogP contribution < -0.4 is 10.6 Å². The highest BCUT2D eigenvalue weighted by molar-refractivity contribution is 5.79. The summed E-state index contributed by atoms with van der Waals surface area (Å²) in [6, 6.07) is 0.371. The molecule has 0 saturated carbocycles. The molecular weight excluding hydrogens is 242 g/mol. The summed E-state index contributed by atoms with van der Waals surface area (Å²) < 4.78 is 5.19. The molecular formula is C13H25N5O. The van der Waals surface area contributed by atoms with Crippen molar-refractivity contribution in [1.29, 1.82) is 0 Å². The number of rotatable bonds is 6. The average Bonchev–Trinajstić information content (AvgIpc) is 2.81. The van der Waals surface area contributed by atoms with Gasteiger partial charge in [0.25, 0.3) is 0 Å². The smallest absolute Gasteiger partial charge is 0.226 e. The Morgan fingerprint density at radius 2 is 2.05 bits per heavy atom. The van der Waals surface area contributed by atoms with E-state index in [2.05, 4.69) is 53.5 Å². The molecule has 6 nitrogen and oxygen atoms in total. The second-order valence-corrected chi connectivity index (χ2v) is 5.10. The summed E-state index contributed by atoms with van der Waals surface area (Å²) in [5, 5.41) is 10.4. The molecule has 0 aliphatic rings. The van der Waals surface area contributed by atoms with E-state index in [9.17, 15) is 0 Å².